The normalized spacial score (nSPS) is 14.7. The van der Waals surface area contributed by atoms with E-state index in [4.69, 9.17) is 4.74 Å². The van der Waals surface area contributed by atoms with Crippen LogP contribution in [-0.4, -0.2) is 43.0 Å². The van der Waals surface area contributed by atoms with Gasteiger partial charge in [-0.1, -0.05) is 18.2 Å². The molecule has 0 spiro atoms. The van der Waals surface area contributed by atoms with Gasteiger partial charge in [0.1, 0.15) is 0 Å². The number of nitrogens with one attached hydrogen (secondary N) is 2. The van der Waals surface area contributed by atoms with Crippen molar-refractivity contribution in [2.24, 2.45) is 0 Å². The molecular weight excluding hydrogens is 330 g/mol. The molecule has 1 fully saturated rings. The zero-order chi connectivity index (χ0) is 18.4. The Morgan fingerprint density at radius 2 is 1.69 bits per heavy atom. The summed E-state index contributed by atoms with van der Waals surface area (Å²) in [5.74, 6) is -0.321. The number of anilines is 2. The molecule has 6 nitrogen and oxygen atoms in total. The Morgan fingerprint density at radius 1 is 1.00 bits per heavy atom. The first-order valence-electron chi connectivity index (χ1n) is 8.68. The van der Waals surface area contributed by atoms with E-state index in [0.29, 0.717) is 16.9 Å². The van der Waals surface area contributed by atoms with Crippen molar-refractivity contribution in [1.82, 2.24) is 4.90 Å². The third-order valence-corrected chi connectivity index (χ3v) is 4.14. The molecule has 1 aliphatic heterocycles. The monoisotopic (exact) mass is 353 g/mol. The van der Waals surface area contributed by atoms with Crippen molar-refractivity contribution in [2.45, 2.75) is 13.5 Å². The molecule has 0 radical (unpaired) electrons. The van der Waals surface area contributed by atoms with Crippen LogP contribution in [0.3, 0.4) is 0 Å². The highest BCUT2D eigenvalue weighted by Gasteiger charge is 2.12. The minimum Gasteiger partial charge on any atom is -0.379 e. The maximum absolute atomic E-state index is 12.6. The molecule has 2 N–H and O–H groups in total. The SMILES string of the molecule is CC(=O)Nc1cccc(NC(=O)c2cccc(CN3CCOCC3)c2)c1. The Kier molecular flexibility index (Phi) is 5.99. The average molecular weight is 353 g/mol. The molecule has 136 valence electrons. The fraction of sp³-hybridized carbons (Fsp3) is 0.300. The lowest BCUT2D eigenvalue weighted by atomic mass is 10.1. The van der Waals surface area contributed by atoms with Crippen molar-refractivity contribution in [3.8, 4) is 0 Å². The van der Waals surface area contributed by atoms with Crippen LogP contribution in [0.25, 0.3) is 0 Å². The summed E-state index contributed by atoms with van der Waals surface area (Å²) in [5.41, 5.74) is 3.00. The first kappa shape index (κ1) is 18.1. The van der Waals surface area contributed by atoms with E-state index in [9.17, 15) is 9.59 Å². The maximum atomic E-state index is 12.6. The van der Waals surface area contributed by atoms with Crippen molar-refractivity contribution < 1.29 is 14.3 Å². The molecule has 26 heavy (non-hydrogen) atoms. The highest BCUT2D eigenvalue weighted by Crippen LogP contribution is 2.17. The van der Waals surface area contributed by atoms with Crippen LogP contribution in [0.2, 0.25) is 0 Å². The third-order valence-electron chi connectivity index (χ3n) is 4.14. The van der Waals surface area contributed by atoms with E-state index in [2.05, 4.69) is 15.5 Å². The van der Waals surface area contributed by atoms with Gasteiger partial charge < -0.3 is 15.4 Å². The van der Waals surface area contributed by atoms with E-state index >= 15 is 0 Å². The maximum Gasteiger partial charge on any atom is 0.255 e. The summed E-state index contributed by atoms with van der Waals surface area (Å²) in [6.07, 6.45) is 0. The number of hydrogen-bond acceptors (Lipinski definition) is 4. The van der Waals surface area contributed by atoms with Gasteiger partial charge in [0.05, 0.1) is 13.2 Å². The van der Waals surface area contributed by atoms with Crippen molar-refractivity contribution >= 4 is 23.2 Å². The van der Waals surface area contributed by atoms with Gasteiger partial charge in [0, 0.05) is 43.5 Å². The molecule has 6 heteroatoms. The summed E-state index contributed by atoms with van der Waals surface area (Å²) in [4.78, 5) is 26.0. The molecule has 1 aliphatic rings. The van der Waals surface area contributed by atoms with Gasteiger partial charge in [-0.2, -0.15) is 0 Å². The zero-order valence-electron chi connectivity index (χ0n) is 14.8. The predicted octanol–water partition coefficient (Wildman–Crippen LogP) is 2.73. The van der Waals surface area contributed by atoms with Crippen LogP contribution in [0, 0.1) is 0 Å². The Balaban J connectivity index is 1.66. The second-order valence-corrected chi connectivity index (χ2v) is 6.31. The van der Waals surface area contributed by atoms with Gasteiger partial charge in [0.15, 0.2) is 0 Å². The summed E-state index contributed by atoms with van der Waals surface area (Å²) < 4.78 is 5.37. The number of amides is 2. The second kappa shape index (κ2) is 8.60. The van der Waals surface area contributed by atoms with Gasteiger partial charge in [0.25, 0.3) is 5.91 Å². The van der Waals surface area contributed by atoms with Crippen LogP contribution in [0.5, 0.6) is 0 Å². The van der Waals surface area contributed by atoms with Crippen molar-refractivity contribution in [1.29, 1.82) is 0 Å². The molecule has 0 aromatic heterocycles. The fourth-order valence-corrected chi connectivity index (χ4v) is 2.91. The summed E-state index contributed by atoms with van der Waals surface area (Å²) in [5, 5.41) is 5.59. The first-order chi connectivity index (χ1) is 12.6. The molecule has 0 saturated carbocycles. The van der Waals surface area contributed by atoms with Crippen LogP contribution in [0.1, 0.15) is 22.8 Å². The predicted molar refractivity (Wildman–Crippen MR) is 101 cm³/mol. The largest absolute Gasteiger partial charge is 0.379 e. The van der Waals surface area contributed by atoms with Crippen LogP contribution >= 0.6 is 0 Å². The van der Waals surface area contributed by atoms with Gasteiger partial charge >= 0.3 is 0 Å². The smallest absolute Gasteiger partial charge is 0.255 e. The van der Waals surface area contributed by atoms with E-state index in [1.165, 1.54) is 6.92 Å². The number of rotatable bonds is 5. The molecule has 0 aliphatic carbocycles. The molecule has 1 saturated heterocycles. The number of carbonyl (C=O) groups is 2. The molecule has 0 atom stereocenters. The van der Waals surface area contributed by atoms with Gasteiger partial charge in [-0.15, -0.1) is 0 Å². The number of ether oxygens (including phenoxy) is 1. The van der Waals surface area contributed by atoms with Crippen LogP contribution < -0.4 is 10.6 Å². The quantitative estimate of drug-likeness (QED) is 0.867. The Labute approximate surface area is 153 Å². The van der Waals surface area contributed by atoms with E-state index in [-0.39, 0.29) is 11.8 Å². The highest BCUT2D eigenvalue weighted by molar-refractivity contribution is 6.04. The molecule has 0 unspecified atom stereocenters. The third kappa shape index (κ3) is 5.15. The summed E-state index contributed by atoms with van der Waals surface area (Å²) in [6, 6.07) is 14.7. The van der Waals surface area contributed by atoms with Crippen LogP contribution in [0.15, 0.2) is 48.5 Å². The Bertz CT molecular complexity index is 785. The number of carbonyl (C=O) groups excluding carboxylic acids is 2. The molecule has 3 rings (SSSR count). The minimum atomic E-state index is -0.172. The zero-order valence-corrected chi connectivity index (χ0v) is 14.8. The lowest BCUT2D eigenvalue weighted by Crippen LogP contribution is -2.35. The van der Waals surface area contributed by atoms with E-state index in [0.717, 1.165) is 38.4 Å². The molecule has 1 heterocycles. The van der Waals surface area contributed by atoms with Crippen molar-refractivity contribution in [3.05, 3.63) is 59.7 Å². The van der Waals surface area contributed by atoms with Crippen LogP contribution in [-0.2, 0) is 16.1 Å². The van der Waals surface area contributed by atoms with E-state index in [1.807, 2.05) is 18.2 Å². The van der Waals surface area contributed by atoms with E-state index in [1.54, 1.807) is 30.3 Å². The number of hydrogen-bond donors (Lipinski definition) is 2. The molecule has 2 amide bonds. The summed E-state index contributed by atoms with van der Waals surface area (Å²) >= 11 is 0. The van der Waals surface area contributed by atoms with Gasteiger partial charge in [-0.3, -0.25) is 14.5 Å². The van der Waals surface area contributed by atoms with E-state index < -0.39 is 0 Å². The first-order valence-corrected chi connectivity index (χ1v) is 8.68. The molecule has 2 aromatic carbocycles. The molecule has 0 bridgehead atoms. The number of nitrogens with zero attached hydrogens (tertiary/aromatic N) is 1. The number of benzene rings is 2. The summed E-state index contributed by atoms with van der Waals surface area (Å²) in [6.45, 7) is 5.59. The van der Waals surface area contributed by atoms with Gasteiger partial charge in [0.2, 0.25) is 5.91 Å². The minimum absolute atomic E-state index is 0.149. The molecular formula is C20H23N3O3. The topological polar surface area (TPSA) is 70.7 Å². The van der Waals surface area contributed by atoms with Crippen molar-refractivity contribution in [3.63, 3.8) is 0 Å². The lowest BCUT2D eigenvalue weighted by molar-refractivity contribution is -0.114. The number of morpholine rings is 1. The van der Waals surface area contributed by atoms with Gasteiger partial charge in [-0.05, 0) is 35.9 Å². The highest BCUT2D eigenvalue weighted by atomic mass is 16.5. The Morgan fingerprint density at radius 3 is 2.42 bits per heavy atom. The Hall–Kier alpha value is -2.70. The lowest BCUT2D eigenvalue weighted by Gasteiger charge is -2.26. The average Bonchev–Trinajstić information content (AvgIpc) is 2.62. The summed E-state index contributed by atoms with van der Waals surface area (Å²) in [7, 11) is 0. The molecule has 2 aromatic rings. The fourth-order valence-electron chi connectivity index (χ4n) is 2.91. The van der Waals surface area contributed by atoms with Gasteiger partial charge in [-0.25, -0.2) is 0 Å². The van der Waals surface area contributed by atoms with Crippen molar-refractivity contribution in [2.75, 3.05) is 36.9 Å². The standard InChI is InChI=1S/C20H23N3O3/c1-15(24)21-18-6-3-7-19(13-18)22-20(25)17-5-2-4-16(12-17)14-23-8-10-26-11-9-23/h2-7,12-13H,8-11,14H2,1H3,(H,21,24)(H,22,25). The van der Waals surface area contributed by atoms with Crippen LogP contribution in [0.4, 0.5) is 11.4 Å². The second-order valence-electron chi connectivity index (χ2n) is 6.31.